The van der Waals surface area contributed by atoms with Crippen molar-refractivity contribution < 1.29 is 14.3 Å². The van der Waals surface area contributed by atoms with Crippen molar-refractivity contribution in [1.82, 2.24) is 9.80 Å². The van der Waals surface area contributed by atoms with E-state index in [0.29, 0.717) is 29.2 Å². The molecule has 0 unspecified atom stereocenters. The zero-order valence-corrected chi connectivity index (χ0v) is 20.1. The summed E-state index contributed by atoms with van der Waals surface area (Å²) in [6.07, 6.45) is 1.09. The minimum Gasteiger partial charge on any atom is -0.495 e. The number of anilines is 2. The lowest BCUT2D eigenvalue weighted by Gasteiger charge is -2.34. The summed E-state index contributed by atoms with van der Waals surface area (Å²) in [5.74, 6) is 0.320. The maximum absolute atomic E-state index is 12.6. The Labute approximate surface area is 204 Å². The van der Waals surface area contributed by atoms with Crippen LogP contribution in [-0.2, 0) is 11.2 Å². The first-order valence-electron chi connectivity index (χ1n) is 11.4. The molecule has 3 aromatic rings. The summed E-state index contributed by atoms with van der Waals surface area (Å²) >= 11 is 1.81. The summed E-state index contributed by atoms with van der Waals surface area (Å²) in [5, 5.41) is 7.91. The average Bonchev–Trinajstić information content (AvgIpc) is 3.38. The van der Waals surface area contributed by atoms with Gasteiger partial charge in [0, 0.05) is 48.9 Å². The van der Waals surface area contributed by atoms with Crippen molar-refractivity contribution in [3.8, 4) is 5.75 Å². The van der Waals surface area contributed by atoms with Gasteiger partial charge in [0.25, 0.3) is 5.91 Å². The van der Waals surface area contributed by atoms with Gasteiger partial charge in [0.05, 0.1) is 19.3 Å². The van der Waals surface area contributed by atoms with E-state index in [1.54, 1.807) is 43.5 Å². The van der Waals surface area contributed by atoms with Crippen LogP contribution in [0.5, 0.6) is 5.75 Å². The van der Waals surface area contributed by atoms with Crippen molar-refractivity contribution in [1.29, 1.82) is 0 Å². The number of rotatable bonds is 9. The predicted molar refractivity (Wildman–Crippen MR) is 137 cm³/mol. The highest BCUT2D eigenvalue weighted by molar-refractivity contribution is 7.09. The second-order valence-corrected chi connectivity index (χ2v) is 9.26. The van der Waals surface area contributed by atoms with Crippen LogP contribution in [-0.4, -0.2) is 68.0 Å². The molecule has 1 fully saturated rings. The predicted octanol–water partition coefficient (Wildman–Crippen LogP) is 3.81. The van der Waals surface area contributed by atoms with Gasteiger partial charge < -0.3 is 20.3 Å². The van der Waals surface area contributed by atoms with Crippen LogP contribution < -0.4 is 15.4 Å². The molecule has 1 aliphatic rings. The van der Waals surface area contributed by atoms with Crippen LogP contribution >= 0.6 is 11.3 Å². The van der Waals surface area contributed by atoms with E-state index in [9.17, 15) is 9.59 Å². The number of nitrogens with zero attached hydrogens (tertiary/aromatic N) is 2. The molecule has 4 rings (SSSR count). The van der Waals surface area contributed by atoms with E-state index in [2.05, 4.69) is 37.9 Å². The Kier molecular flexibility index (Phi) is 8.30. The number of carbonyl (C=O) groups is 2. The number of nitrogens with one attached hydrogen (secondary N) is 2. The molecule has 2 heterocycles. The average molecular weight is 479 g/mol. The van der Waals surface area contributed by atoms with E-state index in [4.69, 9.17) is 4.74 Å². The van der Waals surface area contributed by atoms with Crippen LogP contribution in [0.25, 0.3) is 0 Å². The van der Waals surface area contributed by atoms with Crippen LogP contribution in [0.3, 0.4) is 0 Å². The third-order valence-electron chi connectivity index (χ3n) is 5.87. The van der Waals surface area contributed by atoms with E-state index in [1.807, 2.05) is 23.5 Å². The first kappa shape index (κ1) is 23.9. The fourth-order valence-electron chi connectivity index (χ4n) is 3.95. The first-order chi connectivity index (χ1) is 16.6. The van der Waals surface area contributed by atoms with Gasteiger partial charge in [-0.1, -0.05) is 18.2 Å². The Morgan fingerprint density at radius 1 is 0.912 bits per heavy atom. The highest BCUT2D eigenvalue weighted by Crippen LogP contribution is 2.24. The lowest BCUT2D eigenvalue weighted by Crippen LogP contribution is -2.49. The van der Waals surface area contributed by atoms with E-state index in [-0.39, 0.29) is 11.8 Å². The van der Waals surface area contributed by atoms with Gasteiger partial charge in [-0.05, 0) is 54.3 Å². The normalized spacial score (nSPS) is 14.5. The summed E-state index contributed by atoms with van der Waals surface area (Å²) in [6.45, 7) is 5.18. The Hall–Kier alpha value is -3.20. The molecule has 1 saturated heterocycles. The number of thiophene rings is 1. The molecular weight excluding hydrogens is 448 g/mol. The van der Waals surface area contributed by atoms with Crippen molar-refractivity contribution in [3.63, 3.8) is 0 Å². The molecule has 0 aliphatic carbocycles. The summed E-state index contributed by atoms with van der Waals surface area (Å²) in [6, 6.07) is 18.4. The van der Waals surface area contributed by atoms with Gasteiger partial charge in [-0.2, -0.15) is 0 Å². The molecule has 2 N–H and O–H groups in total. The molecule has 0 bridgehead atoms. The van der Waals surface area contributed by atoms with E-state index < -0.39 is 0 Å². The number of piperazine rings is 1. The standard InChI is InChI=1S/C26H30N4O3S/c1-33-24-7-3-2-6-23(24)28-26(32)20-8-10-21(11-9-20)27-25(31)19-30-16-14-29(15-17-30)13-12-22-5-4-18-34-22/h2-11,18H,12-17,19H2,1H3,(H,27,31)(H,28,32). The fourth-order valence-corrected chi connectivity index (χ4v) is 4.64. The summed E-state index contributed by atoms with van der Waals surface area (Å²) < 4.78 is 5.27. The zero-order valence-electron chi connectivity index (χ0n) is 19.3. The Morgan fingerprint density at radius 2 is 1.65 bits per heavy atom. The molecule has 7 nitrogen and oxygen atoms in total. The molecule has 8 heteroatoms. The van der Waals surface area contributed by atoms with Gasteiger partial charge in [0.1, 0.15) is 5.75 Å². The molecule has 2 amide bonds. The molecule has 2 aromatic carbocycles. The molecule has 0 atom stereocenters. The van der Waals surface area contributed by atoms with Gasteiger partial charge in [0.15, 0.2) is 0 Å². The van der Waals surface area contributed by atoms with Gasteiger partial charge >= 0.3 is 0 Å². The summed E-state index contributed by atoms with van der Waals surface area (Å²) in [4.78, 5) is 31.1. The fraction of sp³-hybridized carbons (Fsp3) is 0.308. The van der Waals surface area contributed by atoms with Crippen LogP contribution in [0.15, 0.2) is 66.0 Å². The SMILES string of the molecule is COc1ccccc1NC(=O)c1ccc(NC(=O)CN2CCN(CCc3cccs3)CC2)cc1. The van der Waals surface area contributed by atoms with Crippen molar-refractivity contribution in [2.45, 2.75) is 6.42 Å². The number of ether oxygens (including phenoxy) is 1. The summed E-state index contributed by atoms with van der Waals surface area (Å²) in [7, 11) is 1.56. The highest BCUT2D eigenvalue weighted by Gasteiger charge is 2.19. The smallest absolute Gasteiger partial charge is 0.255 e. The highest BCUT2D eigenvalue weighted by atomic mass is 32.1. The number of methoxy groups -OCH3 is 1. The largest absolute Gasteiger partial charge is 0.495 e. The molecular formula is C26H30N4O3S. The maximum Gasteiger partial charge on any atom is 0.255 e. The van der Waals surface area contributed by atoms with Crippen molar-refractivity contribution in [2.24, 2.45) is 0 Å². The van der Waals surface area contributed by atoms with Crippen LogP contribution in [0, 0.1) is 0 Å². The monoisotopic (exact) mass is 478 g/mol. The van der Waals surface area contributed by atoms with Crippen LogP contribution in [0.4, 0.5) is 11.4 Å². The summed E-state index contributed by atoms with van der Waals surface area (Å²) in [5.41, 5.74) is 1.79. The van der Waals surface area contributed by atoms with Gasteiger partial charge in [-0.25, -0.2) is 0 Å². The Balaban J connectivity index is 1.20. The molecule has 0 spiro atoms. The topological polar surface area (TPSA) is 73.9 Å². The van der Waals surface area contributed by atoms with Crippen LogP contribution in [0.2, 0.25) is 0 Å². The molecule has 34 heavy (non-hydrogen) atoms. The van der Waals surface area contributed by atoms with Gasteiger partial charge in [-0.15, -0.1) is 11.3 Å². The van der Waals surface area contributed by atoms with E-state index in [0.717, 1.165) is 39.1 Å². The minimum absolute atomic E-state index is 0.0433. The Morgan fingerprint density at radius 3 is 2.35 bits per heavy atom. The number of benzene rings is 2. The third kappa shape index (κ3) is 6.66. The van der Waals surface area contributed by atoms with Crippen molar-refractivity contribution >= 4 is 34.5 Å². The minimum atomic E-state index is -0.237. The quantitative estimate of drug-likeness (QED) is 0.489. The Bertz CT molecular complexity index is 1080. The first-order valence-corrected chi connectivity index (χ1v) is 12.3. The zero-order chi connectivity index (χ0) is 23.8. The van der Waals surface area contributed by atoms with Crippen molar-refractivity contribution in [3.05, 3.63) is 76.5 Å². The van der Waals surface area contributed by atoms with E-state index >= 15 is 0 Å². The number of hydrogen-bond donors (Lipinski definition) is 2. The number of para-hydroxylation sites is 2. The third-order valence-corrected chi connectivity index (χ3v) is 6.81. The lowest BCUT2D eigenvalue weighted by molar-refractivity contribution is -0.117. The second kappa shape index (κ2) is 11.8. The molecule has 1 aliphatic heterocycles. The van der Waals surface area contributed by atoms with E-state index in [1.165, 1.54) is 4.88 Å². The van der Waals surface area contributed by atoms with Gasteiger partial charge in [-0.3, -0.25) is 14.5 Å². The lowest BCUT2D eigenvalue weighted by atomic mass is 10.2. The second-order valence-electron chi connectivity index (χ2n) is 8.23. The molecule has 178 valence electrons. The maximum atomic E-state index is 12.6. The van der Waals surface area contributed by atoms with Crippen molar-refractivity contribution in [2.75, 3.05) is 57.0 Å². The number of carbonyl (C=O) groups excluding carboxylic acids is 2. The molecule has 0 saturated carbocycles. The number of amides is 2. The number of hydrogen-bond acceptors (Lipinski definition) is 6. The van der Waals surface area contributed by atoms with Crippen LogP contribution in [0.1, 0.15) is 15.2 Å². The van der Waals surface area contributed by atoms with Gasteiger partial charge in [0.2, 0.25) is 5.91 Å². The molecule has 1 aromatic heterocycles. The molecule has 0 radical (unpaired) electrons.